The highest BCUT2D eigenvalue weighted by Crippen LogP contribution is 2.24. The van der Waals surface area contributed by atoms with E-state index in [0.717, 1.165) is 5.56 Å². The van der Waals surface area contributed by atoms with Gasteiger partial charge in [-0.15, -0.1) is 0 Å². The van der Waals surface area contributed by atoms with E-state index in [1.54, 1.807) is 29.7 Å². The van der Waals surface area contributed by atoms with E-state index in [0.29, 0.717) is 29.0 Å². The molecule has 2 atom stereocenters. The average molecular weight is 458 g/mol. The van der Waals surface area contributed by atoms with Crippen LogP contribution in [0.4, 0.5) is 0 Å². The SMILES string of the molecule is CC(Sc1nc2ccccc2c(=O)n1Cc1ccccc1)C(=O)NC1CCS(=O)(=O)C1. The van der Waals surface area contributed by atoms with E-state index < -0.39 is 15.1 Å². The number of nitrogens with zero attached hydrogens (tertiary/aromatic N) is 2. The van der Waals surface area contributed by atoms with Gasteiger partial charge in [-0.05, 0) is 31.0 Å². The number of rotatable bonds is 6. The Hall–Kier alpha value is -2.65. The Kier molecular flexibility index (Phi) is 6.15. The van der Waals surface area contributed by atoms with Crippen molar-refractivity contribution in [3.63, 3.8) is 0 Å². The Labute approximate surface area is 184 Å². The normalized spacial score (nSPS) is 18.7. The zero-order valence-corrected chi connectivity index (χ0v) is 18.7. The van der Waals surface area contributed by atoms with Crippen molar-refractivity contribution in [2.24, 2.45) is 0 Å². The molecule has 0 spiro atoms. The molecule has 1 N–H and O–H groups in total. The van der Waals surface area contributed by atoms with Gasteiger partial charge in [0.15, 0.2) is 15.0 Å². The summed E-state index contributed by atoms with van der Waals surface area (Å²) in [5.41, 5.74) is 1.37. The molecule has 7 nitrogen and oxygen atoms in total. The number of benzene rings is 2. The molecular formula is C22H23N3O4S2. The summed E-state index contributed by atoms with van der Waals surface area (Å²) in [7, 11) is -3.08. The second-order valence-electron chi connectivity index (χ2n) is 7.66. The topological polar surface area (TPSA) is 98.1 Å². The number of carbonyl (C=O) groups is 1. The highest BCUT2D eigenvalue weighted by molar-refractivity contribution is 8.00. The molecule has 0 aliphatic carbocycles. The molecule has 4 rings (SSSR count). The molecule has 1 aliphatic rings. The molecule has 2 heterocycles. The van der Waals surface area contributed by atoms with Gasteiger partial charge in [-0.2, -0.15) is 0 Å². The number of nitrogens with one attached hydrogen (secondary N) is 1. The highest BCUT2D eigenvalue weighted by atomic mass is 32.2. The summed E-state index contributed by atoms with van der Waals surface area (Å²) in [6, 6.07) is 16.4. The van der Waals surface area contributed by atoms with Crippen LogP contribution in [0.5, 0.6) is 0 Å². The third kappa shape index (κ3) is 4.99. The Balaban J connectivity index is 1.61. The van der Waals surface area contributed by atoms with Crippen LogP contribution in [0, 0.1) is 0 Å². The van der Waals surface area contributed by atoms with Gasteiger partial charge < -0.3 is 5.32 Å². The fourth-order valence-electron chi connectivity index (χ4n) is 3.58. The predicted octanol–water partition coefficient (Wildman–Crippen LogP) is 2.23. The lowest BCUT2D eigenvalue weighted by atomic mass is 10.2. The maximum absolute atomic E-state index is 13.2. The molecule has 31 heavy (non-hydrogen) atoms. The van der Waals surface area contributed by atoms with Gasteiger partial charge in [0, 0.05) is 6.04 Å². The molecule has 1 saturated heterocycles. The monoisotopic (exact) mass is 457 g/mol. The summed E-state index contributed by atoms with van der Waals surface area (Å²) < 4.78 is 24.9. The van der Waals surface area contributed by atoms with Gasteiger partial charge in [0.25, 0.3) is 5.56 Å². The first-order valence-electron chi connectivity index (χ1n) is 10.0. The van der Waals surface area contributed by atoms with Crippen molar-refractivity contribution < 1.29 is 13.2 Å². The fourth-order valence-corrected chi connectivity index (χ4v) is 6.17. The quantitative estimate of drug-likeness (QED) is 0.450. The second kappa shape index (κ2) is 8.84. The molecule has 9 heteroatoms. The Morgan fingerprint density at radius 3 is 2.61 bits per heavy atom. The first kappa shape index (κ1) is 21.6. The molecule has 1 amide bonds. The third-order valence-corrected chi connectivity index (χ3v) is 8.10. The van der Waals surface area contributed by atoms with Gasteiger partial charge in [-0.3, -0.25) is 14.2 Å². The van der Waals surface area contributed by atoms with Crippen LogP contribution in [-0.2, 0) is 21.2 Å². The summed E-state index contributed by atoms with van der Waals surface area (Å²) in [5.74, 6) is -0.188. The summed E-state index contributed by atoms with van der Waals surface area (Å²) in [6.45, 7) is 2.08. The molecule has 0 radical (unpaired) electrons. The van der Waals surface area contributed by atoms with E-state index in [9.17, 15) is 18.0 Å². The average Bonchev–Trinajstić information content (AvgIpc) is 3.09. The first-order chi connectivity index (χ1) is 14.8. The van der Waals surface area contributed by atoms with Crippen LogP contribution in [0.25, 0.3) is 10.9 Å². The number of amides is 1. The molecule has 2 aromatic carbocycles. The molecule has 0 saturated carbocycles. The Bertz CT molecular complexity index is 1270. The van der Waals surface area contributed by atoms with E-state index in [1.807, 2.05) is 36.4 Å². The van der Waals surface area contributed by atoms with Gasteiger partial charge >= 0.3 is 0 Å². The van der Waals surface area contributed by atoms with E-state index in [-0.39, 0.29) is 29.0 Å². The predicted molar refractivity (Wildman–Crippen MR) is 122 cm³/mol. The zero-order valence-electron chi connectivity index (χ0n) is 17.0. The number of thioether (sulfide) groups is 1. The second-order valence-corrected chi connectivity index (χ2v) is 11.2. The molecule has 1 fully saturated rings. The van der Waals surface area contributed by atoms with Crippen molar-refractivity contribution in [2.45, 2.75) is 36.3 Å². The fraction of sp³-hybridized carbons (Fsp3) is 0.318. The maximum atomic E-state index is 13.2. The lowest BCUT2D eigenvalue weighted by Crippen LogP contribution is -2.40. The molecule has 3 aromatic rings. The van der Waals surface area contributed by atoms with Crippen LogP contribution in [0.15, 0.2) is 64.5 Å². The summed E-state index contributed by atoms with van der Waals surface area (Å²) in [6.07, 6.45) is 0.429. The van der Waals surface area contributed by atoms with E-state index in [1.165, 1.54) is 11.8 Å². The lowest BCUT2D eigenvalue weighted by molar-refractivity contribution is -0.120. The number of aromatic nitrogens is 2. The van der Waals surface area contributed by atoms with Crippen LogP contribution in [-0.4, -0.2) is 46.7 Å². The maximum Gasteiger partial charge on any atom is 0.262 e. The van der Waals surface area contributed by atoms with Gasteiger partial charge in [0.1, 0.15) is 0 Å². The molecular weight excluding hydrogens is 434 g/mol. The van der Waals surface area contributed by atoms with Gasteiger partial charge in [-0.25, -0.2) is 13.4 Å². The van der Waals surface area contributed by atoms with Crippen LogP contribution in [0.1, 0.15) is 18.9 Å². The number of fused-ring (bicyclic) bond motifs is 1. The summed E-state index contributed by atoms with van der Waals surface area (Å²) in [4.78, 5) is 30.5. The zero-order chi connectivity index (χ0) is 22.0. The van der Waals surface area contributed by atoms with E-state index >= 15 is 0 Å². The molecule has 162 valence electrons. The Morgan fingerprint density at radius 1 is 1.19 bits per heavy atom. The summed E-state index contributed by atoms with van der Waals surface area (Å²) >= 11 is 1.20. The minimum atomic E-state index is -3.08. The van der Waals surface area contributed by atoms with Gasteiger partial charge in [0.2, 0.25) is 5.91 Å². The van der Waals surface area contributed by atoms with Crippen LogP contribution >= 0.6 is 11.8 Å². The lowest BCUT2D eigenvalue weighted by Gasteiger charge is -2.18. The number of hydrogen-bond acceptors (Lipinski definition) is 6. The molecule has 0 bridgehead atoms. The number of carbonyl (C=O) groups excluding carboxylic acids is 1. The minimum Gasteiger partial charge on any atom is -0.351 e. The van der Waals surface area contributed by atoms with Crippen LogP contribution < -0.4 is 10.9 Å². The van der Waals surface area contributed by atoms with Crippen LogP contribution in [0.3, 0.4) is 0 Å². The standard InChI is InChI=1S/C22H23N3O4S2/c1-15(20(26)23-17-11-12-31(28,29)14-17)30-22-24-19-10-6-5-9-18(19)21(27)25(22)13-16-7-3-2-4-8-16/h2-10,15,17H,11-14H2,1H3,(H,23,26). The highest BCUT2D eigenvalue weighted by Gasteiger charge is 2.30. The first-order valence-corrected chi connectivity index (χ1v) is 12.7. The van der Waals surface area contributed by atoms with Crippen molar-refractivity contribution in [1.29, 1.82) is 0 Å². The minimum absolute atomic E-state index is 0.0247. The number of hydrogen-bond donors (Lipinski definition) is 1. The van der Waals surface area contributed by atoms with Crippen LogP contribution in [0.2, 0.25) is 0 Å². The third-order valence-electron chi connectivity index (χ3n) is 5.24. The smallest absolute Gasteiger partial charge is 0.262 e. The summed E-state index contributed by atoms with van der Waals surface area (Å²) in [5, 5.41) is 3.26. The number of sulfone groups is 1. The molecule has 2 unspecified atom stereocenters. The van der Waals surface area contributed by atoms with Crippen molar-refractivity contribution in [2.75, 3.05) is 11.5 Å². The van der Waals surface area contributed by atoms with E-state index in [2.05, 4.69) is 10.3 Å². The van der Waals surface area contributed by atoms with Crippen molar-refractivity contribution >= 4 is 38.4 Å². The largest absolute Gasteiger partial charge is 0.351 e. The Morgan fingerprint density at radius 2 is 1.90 bits per heavy atom. The van der Waals surface area contributed by atoms with Gasteiger partial charge in [0.05, 0.1) is 34.2 Å². The van der Waals surface area contributed by atoms with Gasteiger partial charge in [-0.1, -0.05) is 54.2 Å². The molecule has 1 aliphatic heterocycles. The number of para-hydroxylation sites is 1. The van der Waals surface area contributed by atoms with Crippen molar-refractivity contribution in [3.05, 3.63) is 70.5 Å². The van der Waals surface area contributed by atoms with E-state index in [4.69, 9.17) is 0 Å². The van der Waals surface area contributed by atoms with Crippen molar-refractivity contribution in [1.82, 2.24) is 14.9 Å². The molecule has 1 aromatic heterocycles. The van der Waals surface area contributed by atoms with Crippen molar-refractivity contribution in [3.8, 4) is 0 Å².